The van der Waals surface area contributed by atoms with E-state index in [9.17, 15) is 19.5 Å². The Morgan fingerprint density at radius 1 is 1.09 bits per heavy atom. The SMILES string of the molecule is CCCC1(C(=O)O)CCN(C(=O)C(CC)NC(=O)OCC2c3ccccc3-c3ccccc32)C1. The number of rotatable bonds is 8. The number of carboxylic acid groups (broad SMARTS) is 1. The van der Waals surface area contributed by atoms with Crippen molar-refractivity contribution in [2.45, 2.75) is 51.5 Å². The Morgan fingerprint density at radius 2 is 1.71 bits per heavy atom. The first-order valence-corrected chi connectivity index (χ1v) is 12.0. The minimum atomic E-state index is -0.896. The molecule has 2 aliphatic rings. The zero-order valence-electron chi connectivity index (χ0n) is 19.8. The number of nitrogens with zero attached hydrogens (tertiary/aromatic N) is 1. The van der Waals surface area contributed by atoms with Gasteiger partial charge in [-0.05, 0) is 41.5 Å². The van der Waals surface area contributed by atoms with E-state index in [4.69, 9.17) is 4.74 Å². The number of aliphatic carboxylic acids is 1. The molecular weight excluding hydrogens is 432 g/mol. The van der Waals surface area contributed by atoms with Gasteiger partial charge in [-0.2, -0.15) is 0 Å². The summed E-state index contributed by atoms with van der Waals surface area (Å²) in [5.74, 6) is -1.17. The van der Waals surface area contributed by atoms with Crippen molar-refractivity contribution >= 4 is 18.0 Å². The number of carboxylic acids is 1. The molecule has 2 unspecified atom stereocenters. The summed E-state index contributed by atoms with van der Waals surface area (Å²) in [5, 5.41) is 12.4. The lowest BCUT2D eigenvalue weighted by molar-refractivity contribution is -0.149. The third kappa shape index (κ3) is 4.39. The van der Waals surface area contributed by atoms with Crippen LogP contribution in [0.3, 0.4) is 0 Å². The maximum Gasteiger partial charge on any atom is 0.407 e. The van der Waals surface area contributed by atoms with Crippen LogP contribution in [0.1, 0.15) is 56.6 Å². The van der Waals surface area contributed by atoms with E-state index < -0.39 is 23.5 Å². The van der Waals surface area contributed by atoms with Gasteiger partial charge in [-0.25, -0.2) is 4.79 Å². The second-order valence-electron chi connectivity index (χ2n) is 9.28. The van der Waals surface area contributed by atoms with Gasteiger partial charge in [0, 0.05) is 19.0 Å². The lowest BCUT2D eigenvalue weighted by Gasteiger charge is -2.26. The van der Waals surface area contributed by atoms with Gasteiger partial charge in [-0.15, -0.1) is 0 Å². The number of fused-ring (bicyclic) bond motifs is 3. The molecule has 0 aromatic heterocycles. The van der Waals surface area contributed by atoms with Crippen LogP contribution in [0.25, 0.3) is 11.1 Å². The maximum absolute atomic E-state index is 13.1. The number of hydrogen-bond acceptors (Lipinski definition) is 4. The predicted molar refractivity (Wildman–Crippen MR) is 128 cm³/mol. The fraction of sp³-hybridized carbons (Fsp3) is 0.444. The van der Waals surface area contributed by atoms with Gasteiger partial charge in [-0.3, -0.25) is 9.59 Å². The number of hydrogen-bond donors (Lipinski definition) is 2. The van der Waals surface area contributed by atoms with Crippen molar-refractivity contribution in [1.29, 1.82) is 0 Å². The Balaban J connectivity index is 1.38. The molecule has 180 valence electrons. The van der Waals surface area contributed by atoms with Crippen LogP contribution in [0.5, 0.6) is 0 Å². The van der Waals surface area contributed by atoms with Crippen LogP contribution in [0.4, 0.5) is 4.79 Å². The maximum atomic E-state index is 13.1. The average Bonchev–Trinajstić information content (AvgIpc) is 3.42. The Bertz CT molecular complexity index is 1040. The molecule has 1 aliphatic carbocycles. The van der Waals surface area contributed by atoms with Crippen LogP contribution in [-0.2, 0) is 14.3 Å². The number of benzene rings is 2. The number of carbonyl (C=O) groups excluding carboxylic acids is 2. The minimum Gasteiger partial charge on any atom is -0.481 e. The summed E-state index contributed by atoms with van der Waals surface area (Å²) >= 11 is 0. The average molecular weight is 465 g/mol. The fourth-order valence-corrected chi connectivity index (χ4v) is 5.37. The molecule has 34 heavy (non-hydrogen) atoms. The molecule has 2 aromatic carbocycles. The van der Waals surface area contributed by atoms with E-state index in [1.54, 1.807) is 4.90 Å². The number of ether oxygens (including phenoxy) is 1. The molecule has 1 saturated heterocycles. The Kier molecular flexibility index (Phi) is 6.91. The predicted octanol–water partition coefficient (Wildman–Crippen LogP) is 4.41. The first-order chi connectivity index (χ1) is 16.4. The standard InChI is InChI=1S/C27H32N2O5/c1-3-13-27(25(31)32)14-15-29(17-27)24(30)23(4-2)28-26(33)34-16-22-20-11-7-5-9-18(20)19-10-6-8-12-21(19)22/h5-12,22-23H,3-4,13-17H2,1-2H3,(H,28,33)(H,31,32). The number of likely N-dealkylation sites (tertiary alicyclic amines) is 1. The lowest BCUT2D eigenvalue weighted by atomic mass is 9.83. The van der Waals surface area contributed by atoms with Crippen LogP contribution < -0.4 is 5.32 Å². The van der Waals surface area contributed by atoms with Crippen LogP contribution in [-0.4, -0.2) is 53.7 Å². The van der Waals surface area contributed by atoms with Crippen LogP contribution >= 0.6 is 0 Å². The largest absolute Gasteiger partial charge is 0.481 e. The molecule has 2 aromatic rings. The highest BCUT2D eigenvalue weighted by Crippen LogP contribution is 2.44. The van der Waals surface area contributed by atoms with Crippen LogP contribution in [0, 0.1) is 5.41 Å². The highest BCUT2D eigenvalue weighted by molar-refractivity contribution is 5.87. The van der Waals surface area contributed by atoms with Gasteiger partial charge in [0.25, 0.3) is 0 Å². The molecule has 7 heteroatoms. The smallest absolute Gasteiger partial charge is 0.407 e. The summed E-state index contributed by atoms with van der Waals surface area (Å²) in [7, 11) is 0. The van der Waals surface area contributed by atoms with E-state index in [2.05, 4.69) is 29.6 Å². The zero-order chi connectivity index (χ0) is 24.3. The molecule has 0 spiro atoms. The molecule has 0 saturated carbocycles. The first kappa shape index (κ1) is 23.8. The molecule has 1 heterocycles. The first-order valence-electron chi connectivity index (χ1n) is 12.0. The van der Waals surface area contributed by atoms with Crippen molar-refractivity contribution in [2.75, 3.05) is 19.7 Å². The highest BCUT2D eigenvalue weighted by atomic mass is 16.5. The van der Waals surface area contributed by atoms with E-state index in [0.717, 1.165) is 28.7 Å². The van der Waals surface area contributed by atoms with E-state index in [1.165, 1.54) is 0 Å². The molecule has 2 amide bonds. The third-order valence-electron chi connectivity index (χ3n) is 7.19. The van der Waals surface area contributed by atoms with Gasteiger partial charge >= 0.3 is 12.1 Å². The van der Waals surface area contributed by atoms with E-state index >= 15 is 0 Å². The van der Waals surface area contributed by atoms with Crippen molar-refractivity contribution in [3.05, 3.63) is 59.7 Å². The number of nitrogens with one attached hydrogen (secondary N) is 1. The minimum absolute atomic E-state index is 0.0577. The second kappa shape index (κ2) is 9.87. The third-order valence-corrected chi connectivity index (χ3v) is 7.19. The molecule has 7 nitrogen and oxygen atoms in total. The molecule has 4 rings (SSSR count). The van der Waals surface area contributed by atoms with Gasteiger partial charge < -0.3 is 20.1 Å². The molecule has 1 aliphatic heterocycles. The molecule has 2 atom stereocenters. The summed E-state index contributed by atoms with van der Waals surface area (Å²) in [6, 6.07) is 15.5. The molecule has 0 radical (unpaired) electrons. The van der Waals surface area contributed by atoms with Crippen molar-refractivity contribution in [1.82, 2.24) is 10.2 Å². The number of carbonyl (C=O) groups is 3. The van der Waals surface area contributed by atoms with Gasteiger partial charge in [0.15, 0.2) is 0 Å². The molecular formula is C27H32N2O5. The fourth-order valence-electron chi connectivity index (χ4n) is 5.37. The number of alkyl carbamates (subject to hydrolysis) is 1. The Labute approximate surface area is 200 Å². The molecule has 0 bridgehead atoms. The number of amides is 2. The monoisotopic (exact) mass is 464 g/mol. The second-order valence-corrected chi connectivity index (χ2v) is 9.28. The van der Waals surface area contributed by atoms with Gasteiger partial charge in [0.1, 0.15) is 12.6 Å². The van der Waals surface area contributed by atoms with Crippen LogP contribution in [0.15, 0.2) is 48.5 Å². The van der Waals surface area contributed by atoms with Gasteiger partial charge in [-0.1, -0.05) is 68.8 Å². The topological polar surface area (TPSA) is 95.9 Å². The molecule has 1 fully saturated rings. The zero-order valence-corrected chi connectivity index (χ0v) is 19.8. The molecule has 2 N–H and O–H groups in total. The van der Waals surface area contributed by atoms with Gasteiger partial charge in [0.05, 0.1) is 5.41 Å². The summed E-state index contributed by atoms with van der Waals surface area (Å²) < 4.78 is 5.59. The normalized spacial score (nSPS) is 19.9. The summed E-state index contributed by atoms with van der Waals surface area (Å²) in [4.78, 5) is 39.2. The van der Waals surface area contributed by atoms with Crippen LogP contribution in [0.2, 0.25) is 0 Å². The summed E-state index contributed by atoms with van der Waals surface area (Å²) in [6.07, 6.45) is 1.46. The van der Waals surface area contributed by atoms with E-state index in [-0.39, 0.29) is 25.0 Å². The Hall–Kier alpha value is -3.35. The van der Waals surface area contributed by atoms with Crippen molar-refractivity contribution in [3.8, 4) is 11.1 Å². The summed E-state index contributed by atoms with van der Waals surface area (Å²) in [6.45, 7) is 4.50. The van der Waals surface area contributed by atoms with Crippen molar-refractivity contribution in [2.24, 2.45) is 5.41 Å². The highest BCUT2D eigenvalue weighted by Gasteiger charge is 2.46. The van der Waals surface area contributed by atoms with Crippen molar-refractivity contribution < 1.29 is 24.2 Å². The Morgan fingerprint density at radius 3 is 2.26 bits per heavy atom. The van der Waals surface area contributed by atoms with Gasteiger partial charge in [0.2, 0.25) is 5.91 Å². The quantitative estimate of drug-likeness (QED) is 0.603. The van der Waals surface area contributed by atoms with E-state index in [1.807, 2.05) is 38.1 Å². The lowest BCUT2D eigenvalue weighted by Crippen LogP contribution is -2.48. The van der Waals surface area contributed by atoms with E-state index in [0.29, 0.717) is 25.8 Å². The van der Waals surface area contributed by atoms with Crippen molar-refractivity contribution in [3.63, 3.8) is 0 Å². The summed E-state index contributed by atoms with van der Waals surface area (Å²) in [5.41, 5.74) is 3.65.